The molecule has 0 amide bonds. The molecule has 0 atom stereocenters. The van der Waals surface area contributed by atoms with Crippen LogP contribution < -0.4 is 10.6 Å². The van der Waals surface area contributed by atoms with Crippen LogP contribution in [0.5, 0.6) is 0 Å². The molecule has 1 aromatic carbocycles. The zero-order valence-electron chi connectivity index (χ0n) is 13.7. The largest absolute Gasteiger partial charge is 0.354 e. The Kier molecular flexibility index (Phi) is 8.32. The summed E-state index contributed by atoms with van der Waals surface area (Å²) in [5.41, 5.74) is 1.92. The van der Waals surface area contributed by atoms with Crippen LogP contribution in [0.4, 0.5) is 0 Å². The minimum atomic E-state index is -2.98. The number of halogens is 1. The lowest BCUT2D eigenvalue weighted by atomic mass is 10.1. The van der Waals surface area contributed by atoms with Crippen molar-refractivity contribution in [2.45, 2.75) is 44.0 Å². The number of hydrogen-bond acceptors (Lipinski definition) is 3. The van der Waals surface area contributed by atoms with Crippen LogP contribution in [0.1, 0.15) is 36.8 Å². The second-order valence-corrected chi connectivity index (χ2v) is 8.08. The van der Waals surface area contributed by atoms with Gasteiger partial charge in [0.15, 0.2) is 15.8 Å². The molecule has 23 heavy (non-hydrogen) atoms. The summed E-state index contributed by atoms with van der Waals surface area (Å²) >= 11 is 0. The van der Waals surface area contributed by atoms with E-state index >= 15 is 0 Å². The lowest BCUT2D eigenvalue weighted by molar-refractivity contribution is 0.601. The van der Waals surface area contributed by atoms with E-state index in [1.807, 2.05) is 24.3 Å². The first-order valence-corrected chi connectivity index (χ1v) is 9.75. The molecule has 1 aromatic rings. The van der Waals surface area contributed by atoms with Crippen LogP contribution in [0.25, 0.3) is 0 Å². The van der Waals surface area contributed by atoms with Gasteiger partial charge < -0.3 is 10.6 Å². The fraction of sp³-hybridized carbons (Fsp3) is 0.562. The Bertz CT molecular complexity index is 609. The number of guanidine groups is 1. The average Bonchev–Trinajstić information content (AvgIpc) is 2.96. The van der Waals surface area contributed by atoms with Crippen LogP contribution in [0.15, 0.2) is 29.3 Å². The van der Waals surface area contributed by atoms with E-state index in [2.05, 4.69) is 15.6 Å². The fourth-order valence-electron chi connectivity index (χ4n) is 2.70. The molecule has 0 aliphatic heterocycles. The van der Waals surface area contributed by atoms with E-state index in [1.165, 1.54) is 31.9 Å². The number of nitrogens with zero attached hydrogens (tertiary/aromatic N) is 1. The highest BCUT2D eigenvalue weighted by molar-refractivity contribution is 14.0. The Labute approximate surface area is 156 Å². The molecule has 0 bridgehead atoms. The zero-order valence-corrected chi connectivity index (χ0v) is 16.9. The van der Waals surface area contributed by atoms with Crippen molar-refractivity contribution in [3.05, 3.63) is 35.4 Å². The highest BCUT2D eigenvalue weighted by atomic mass is 127. The third-order valence-corrected chi connectivity index (χ3v) is 4.69. The highest BCUT2D eigenvalue weighted by Gasteiger charge is 2.15. The Balaban J connectivity index is 0.00000264. The Morgan fingerprint density at radius 3 is 2.26 bits per heavy atom. The summed E-state index contributed by atoms with van der Waals surface area (Å²) in [6, 6.07) is 8.17. The van der Waals surface area contributed by atoms with Gasteiger partial charge in [0.1, 0.15) is 0 Å². The zero-order chi connectivity index (χ0) is 16.0. The molecule has 0 aromatic heterocycles. The summed E-state index contributed by atoms with van der Waals surface area (Å²) in [5.74, 6) is 0.915. The highest BCUT2D eigenvalue weighted by Crippen LogP contribution is 2.17. The summed E-state index contributed by atoms with van der Waals surface area (Å²) in [5, 5.41) is 6.74. The van der Waals surface area contributed by atoms with E-state index in [0.29, 0.717) is 12.6 Å². The number of benzene rings is 1. The summed E-state index contributed by atoms with van der Waals surface area (Å²) < 4.78 is 22.5. The van der Waals surface area contributed by atoms with Crippen molar-refractivity contribution in [1.82, 2.24) is 10.6 Å². The summed E-state index contributed by atoms with van der Waals surface area (Å²) in [6.45, 7) is 0.672. The maximum absolute atomic E-state index is 11.3. The van der Waals surface area contributed by atoms with E-state index < -0.39 is 9.84 Å². The van der Waals surface area contributed by atoms with Gasteiger partial charge in [0.05, 0.1) is 5.75 Å². The molecule has 2 rings (SSSR count). The number of nitrogens with one attached hydrogen (secondary N) is 2. The second kappa shape index (κ2) is 9.46. The lowest BCUT2D eigenvalue weighted by Crippen LogP contribution is -2.41. The number of rotatable bonds is 5. The first kappa shape index (κ1) is 20.2. The summed E-state index contributed by atoms with van der Waals surface area (Å²) in [6.07, 6.45) is 6.25. The fourth-order valence-corrected chi connectivity index (χ4v) is 3.50. The maximum atomic E-state index is 11.3. The number of sulfone groups is 1. The maximum Gasteiger partial charge on any atom is 0.191 e. The topological polar surface area (TPSA) is 70.6 Å². The van der Waals surface area contributed by atoms with Gasteiger partial charge in [-0.15, -0.1) is 24.0 Å². The van der Waals surface area contributed by atoms with Gasteiger partial charge in [0, 0.05) is 25.9 Å². The Morgan fingerprint density at radius 2 is 1.74 bits per heavy atom. The van der Waals surface area contributed by atoms with E-state index in [4.69, 9.17) is 0 Å². The number of hydrogen-bond donors (Lipinski definition) is 2. The van der Waals surface area contributed by atoms with Crippen LogP contribution >= 0.6 is 24.0 Å². The predicted molar refractivity (Wildman–Crippen MR) is 106 cm³/mol. The van der Waals surface area contributed by atoms with Gasteiger partial charge in [-0.25, -0.2) is 8.42 Å². The number of aliphatic imine (C=N–C) groups is 1. The molecule has 7 heteroatoms. The monoisotopic (exact) mass is 451 g/mol. The van der Waals surface area contributed by atoms with Gasteiger partial charge in [-0.1, -0.05) is 37.1 Å². The minimum Gasteiger partial charge on any atom is -0.354 e. The second-order valence-electron chi connectivity index (χ2n) is 5.94. The lowest BCUT2D eigenvalue weighted by Gasteiger charge is -2.17. The van der Waals surface area contributed by atoms with Crippen LogP contribution in [0, 0.1) is 0 Å². The third kappa shape index (κ3) is 7.52. The SMILES string of the molecule is CN=C(NCc1ccc(CS(C)(=O)=O)cc1)NC1CCCC1.I. The smallest absolute Gasteiger partial charge is 0.191 e. The van der Waals surface area contributed by atoms with Gasteiger partial charge in [-0.3, -0.25) is 4.99 Å². The van der Waals surface area contributed by atoms with Crippen LogP contribution in [-0.4, -0.2) is 33.7 Å². The van der Waals surface area contributed by atoms with Gasteiger partial charge in [0.25, 0.3) is 0 Å². The molecule has 0 heterocycles. The molecule has 130 valence electrons. The van der Waals surface area contributed by atoms with E-state index in [-0.39, 0.29) is 29.7 Å². The molecule has 1 fully saturated rings. The van der Waals surface area contributed by atoms with Crippen LogP contribution in [-0.2, 0) is 22.1 Å². The van der Waals surface area contributed by atoms with E-state index in [0.717, 1.165) is 17.1 Å². The average molecular weight is 451 g/mol. The normalized spacial score (nSPS) is 16.0. The molecule has 1 aliphatic carbocycles. The third-order valence-electron chi connectivity index (χ3n) is 3.83. The molecule has 0 spiro atoms. The van der Waals surface area contributed by atoms with Crippen molar-refractivity contribution in [3.63, 3.8) is 0 Å². The van der Waals surface area contributed by atoms with Gasteiger partial charge in [-0.2, -0.15) is 0 Å². The molecule has 1 aliphatic rings. The first-order chi connectivity index (χ1) is 10.5. The molecule has 0 radical (unpaired) electrons. The summed E-state index contributed by atoms with van der Waals surface area (Å²) in [7, 11) is -1.20. The van der Waals surface area contributed by atoms with Crippen molar-refractivity contribution in [2.75, 3.05) is 13.3 Å². The van der Waals surface area contributed by atoms with Crippen molar-refractivity contribution >= 4 is 39.8 Å². The van der Waals surface area contributed by atoms with Crippen LogP contribution in [0.2, 0.25) is 0 Å². The van der Waals surface area contributed by atoms with Crippen molar-refractivity contribution in [2.24, 2.45) is 4.99 Å². The molecular weight excluding hydrogens is 425 g/mol. The van der Waals surface area contributed by atoms with E-state index in [9.17, 15) is 8.42 Å². The van der Waals surface area contributed by atoms with E-state index in [1.54, 1.807) is 7.05 Å². The van der Waals surface area contributed by atoms with Crippen molar-refractivity contribution in [1.29, 1.82) is 0 Å². The molecule has 0 unspecified atom stereocenters. The Morgan fingerprint density at radius 1 is 1.17 bits per heavy atom. The van der Waals surface area contributed by atoms with Crippen molar-refractivity contribution in [3.8, 4) is 0 Å². The molecule has 5 nitrogen and oxygen atoms in total. The van der Waals surface area contributed by atoms with Gasteiger partial charge >= 0.3 is 0 Å². The first-order valence-electron chi connectivity index (χ1n) is 7.69. The predicted octanol–water partition coefficient (Wildman–Crippen LogP) is 2.46. The quantitative estimate of drug-likeness (QED) is 0.410. The Hall–Kier alpha value is -0.830. The van der Waals surface area contributed by atoms with Gasteiger partial charge in [0.2, 0.25) is 0 Å². The molecule has 2 N–H and O–H groups in total. The molecule has 0 saturated heterocycles. The molecular formula is C16H26IN3O2S. The molecule has 1 saturated carbocycles. The minimum absolute atomic E-state index is 0. The van der Waals surface area contributed by atoms with Crippen molar-refractivity contribution < 1.29 is 8.42 Å². The summed E-state index contributed by atoms with van der Waals surface area (Å²) in [4.78, 5) is 4.25. The van der Waals surface area contributed by atoms with Gasteiger partial charge in [-0.05, 0) is 24.0 Å². The van der Waals surface area contributed by atoms with Crippen LogP contribution in [0.3, 0.4) is 0 Å². The standard InChI is InChI=1S/C16H25N3O2S.HI/c1-17-16(19-15-5-3-4-6-15)18-11-13-7-9-14(10-8-13)12-22(2,20)21;/h7-10,15H,3-6,11-12H2,1-2H3,(H2,17,18,19);1H.